The van der Waals surface area contributed by atoms with E-state index in [2.05, 4.69) is 6.92 Å². The molecule has 2 heteroatoms. The first-order chi connectivity index (χ1) is 7.00. The summed E-state index contributed by atoms with van der Waals surface area (Å²) in [6.07, 6.45) is 0.661. The normalized spacial score (nSPS) is 26.5. The van der Waals surface area contributed by atoms with E-state index in [1.165, 1.54) is 0 Å². The van der Waals surface area contributed by atoms with Gasteiger partial charge in [0.2, 0.25) is 0 Å². The number of rotatable bonds is 2. The summed E-state index contributed by atoms with van der Waals surface area (Å²) in [5.74, 6) is 0.815. The monoisotopic (exact) mass is 208 g/mol. The Kier molecular flexibility index (Phi) is 2.55. The molecule has 82 valence electrons. The van der Waals surface area contributed by atoms with Gasteiger partial charge >= 0.3 is 0 Å². The zero-order valence-electron chi connectivity index (χ0n) is 9.42. The van der Waals surface area contributed by atoms with Gasteiger partial charge in [-0.25, -0.2) is 4.39 Å². The summed E-state index contributed by atoms with van der Waals surface area (Å²) in [6.45, 7) is 5.63. The lowest BCUT2D eigenvalue weighted by atomic mass is 9.99. The number of halogens is 1. The van der Waals surface area contributed by atoms with Crippen molar-refractivity contribution < 1.29 is 9.50 Å². The number of hydrogen-bond donors (Lipinski definition) is 1. The molecule has 0 aliphatic heterocycles. The van der Waals surface area contributed by atoms with Gasteiger partial charge < -0.3 is 5.11 Å². The first kappa shape index (κ1) is 10.6. The van der Waals surface area contributed by atoms with E-state index in [1.807, 2.05) is 0 Å². The zero-order chi connectivity index (χ0) is 11.2. The smallest absolute Gasteiger partial charge is 0.129 e. The predicted octanol–water partition coefficient (Wildman–Crippen LogP) is 3.13. The van der Waals surface area contributed by atoms with Gasteiger partial charge in [-0.15, -0.1) is 0 Å². The minimum atomic E-state index is -0.419. The molecule has 2 rings (SSSR count). The quantitative estimate of drug-likeness (QED) is 0.791. The Hall–Kier alpha value is -0.890. The summed E-state index contributed by atoms with van der Waals surface area (Å²) in [7, 11) is 0. The Morgan fingerprint density at radius 1 is 1.33 bits per heavy atom. The van der Waals surface area contributed by atoms with E-state index in [-0.39, 0.29) is 5.82 Å². The lowest BCUT2D eigenvalue weighted by Crippen LogP contribution is -2.03. The van der Waals surface area contributed by atoms with Crippen molar-refractivity contribution in [1.29, 1.82) is 0 Å². The van der Waals surface area contributed by atoms with Gasteiger partial charge in [0.25, 0.3) is 0 Å². The van der Waals surface area contributed by atoms with E-state index < -0.39 is 6.10 Å². The van der Waals surface area contributed by atoms with Gasteiger partial charge in [0.05, 0.1) is 6.10 Å². The van der Waals surface area contributed by atoms with E-state index in [1.54, 1.807) is 26.0 Å². The molecule has 0 saturated heterocycles. The first-order valence-electron chi connectivity index (χ1n) is 5.45. The third-order valence-electron chi connectivity index (χ3n) is 3.38. The minimum Gasteiger partial charge on any atom is -0.388 e. The Morgan fingerprint density at radius 3 is 2.20 bits per heavy atom. The van der Waals surface area contributed by atoms with Gasteiger partial charge in [0, 0.05) is 0 Å². The summed E-state index contributed by atoms with van der Waals surface area (Å²) in [6, 6.07) is 3.52. The molecule has 1 fully saturated rings. The van der Waals surface area contributed by atoms with Gasteiger partial charge in [-0.3, -0.25) is 0 Å². The van der Waals surface area contributed by atoms with Gasteiger partial charge in [0.15, 0.2) is 0 Å². The second kappa shape index (κ2) is 3.60. The highest BCUT2D eigenvalue weighted by Crippen LogP contribution is 2.47. The maximum atomic E-state index is 13.4. The van der Waals surface area contributed by atoms with Crippen molar-refractivity contribution >= 4 is 0 Å². The van der Waals surface area contributed by atoms with Crippen LogP contribution in [0.5, 0.6) is 0 Å². The molecule has 0 aromatic heterocycles. The first-order valence-corrected chi connectivity index (χ1v) is 5.45. The zero-order valence-corrected chi connectivity index (χ0v) is 9.42. The van der Waals surface area contributed by atoms with E-state index in [4.69, 9.17) is 0 Å². The lowest BCUT2D eigenvalue weighted by molar-refractivity contribution is 0.148. The van der Waals surface area contributed by atoms with Crippen LogP contribution in [0.25, 0.3) is 0 Å². The van der Waals surface area contributed by atoms with Crippen LogP contribution in [0.15, 0.2) is 12.1 Å². The molecule has 0 radical (unpaired) electrons. The molecule has 0 amide bonds. The molecule has 1 aromatic rings. The number of aryl methyl sites for hydroxylation is 2. The standard InChI is InChI=1S/C13H17FO/c1-7-6-11(7)13(15)10-4-8(2)12(14)9(3)5-10/h4-5,7,11,13,15H,6H2,1-3H3. The molecule has 0 bridgehead atoms. The van der Waals surface area contributed by atoms with Crippen LogP contribution in [-0.4, -0.2) is 5.11 Å². The molecule has 1 saturated carbocycles. The van der Waals surface area contributed by atoms with Crippen LogP contribution in [0.2, 0.25) is 0 Å². The van der Waals surface area contributed by atoms with E-state index in [0.29, 0.717) is 23.0 Å². The van der Waals surface area contributed by atoms with Crippen molar-refractivity contribution in [1.82, 2.24) is 0 Å². The van der Waals surface area contributed by atoms with Crippen LogP contribution in [0, 0.1) is 31.5 Å². The molecule has 0 spiro atoms. The molecule has 0 heterocycles. The van der Waals surface area contributed by atoms with Gasteiger partial charge in [0.1, 0.15) is 5.82 Å². The second-order valence-electron chi connectivity index (χ2n) is 4.79. The molecule has 3 unspecified atom stereocenters. The SMILES string of the molecule is Cc1cc(C(O)C2CC2C)cc(C)c1F. The van der Waals surface area contributed by atoms with Gasteiger partial charge in [-0.05, 0) is 48.8 Å². The number of aliphatic hydroxyl groups excluding tert-OH is 1. The lowest BCUT2D eigenvalue weighted by Gasteiger charge is -2.13. The minimum absolute atomic E-state index is 0.158. The summed E-state index contributed by atoms with van der Waals surface area (Å²) in [5, 5.41) is 10.0. The van der Waals surface area contributed by atoms with E-state index in [9.17, 15) is 9.50 Å². The fourth-order valence-corrected chi connectivity index (χ4v) is 2.19. The molecular formula is C13H17FO. The molecule has 3 atom stereocenters. The van der Waals surface area contributed by atoms with Crippen molar-refractivity contribution in [3.8, 4) is 0 Å². The summed E-state index contributed by atoms with van der Waals surface area (Å²) >= 11 is 0. The molecule has 1 aliphatic rings. The maximum Gasteiger partial charge on any atom is 0.129 e. The largest absolute Gasteiger partial charge is 0.388 e. The number of hydrogen-bond acceptors (Lipinski definition) is 1. The third-order valence-corrected chi connectivity index (χ3v) is 3.38. The fourth-order valence-electron chi connectivity index (χ4n) is 2.19. The van der Waals surface area contributed by atoms with Crippen molar-refractivity contribution in [2.45, 2.75) is 33.3 Å². The molecule has 1 N–H and O–H groups in total. The average molecular weight is 208 g/mol. The molecule has 1 aromatic carbocycles. The summed E-state index contributed by atoms with van der Waals surface area (Å²) < 4.78 is 13.4. The van der Waals surface area contributed by atoms with Crippen molar-refractivity contribution in [2.24, 2.45) is 11.8 Å². The van der Waals surface area contributed by atoms with Gasteiger partial charge in [-0.2, -0.15) is 0 Å². The van der Waals surface area contributed by atoms with Crippen LogP contribution in [0.4, 0.5) is 4.39 Å². The molecular weight excluding hydrogens is 191 g/mol. The highest BCUT2D eigenvalue weighted by molar-refractivity contribution is 5.32. The van der Waals surface area contributed by atoms with Crippen LogP contribution in [0.3, 0.4) is 0 Å². The Morgan fingerprint density at radius 2 is 1.80 bits per heavy atom. The predicted molar refractivity (Wildman–Crippen MR) is 58.1 cm³/mol. The van der Waals surface area contributed by atoms with Crippen LogP contribution in [0.1, 0.15) is 36.1 Å². The van der Waals surface area contributed by atoms with Gasteiger partial charge in [-0.1, -0.05) is 19.1 Å². The van der Waals surface area contributed by atoms with Crippen LogP contribution < -0.4 is 0 Å². The van der Waals surface area contributed by atoms with Crippen LogP contribution in [-0.2, 0) is 0 Å². The topological polar surface area (TPSA) is 20.2 Å². The fraction of sp³-hybridized carbons (Fsp3) is 0.538. The maximum absolute atomic E-state index is 13.4. The number of aliphatic hydroxyl groups is 1. The summed E-state index contributed by atoms with van der Waals surface area (Å²) in [4.78, 5) is 0. The van der Waals surface area contributed by atoms with Crippen molar-refractivity contribution in [2.75, 3.05) is 0 Å². The Balaban J connectivity index is 2.29. The van der Waals surface area contributed by atoms with Crippen LogP contribution >= 0.6 is 0 Å². The van der Waals surface area contributed by atoms with Crippen molar-refractivity contribution in [3.63, 3.8) is 0 Å². The highest BCUT2D eigenvalue weighted by Gasteiger charge is 2.39. The van der Waals surface area contributed by atoms with Crippen molar-refractivity contribution in [3.05, 3.63) is 34.6 Å². The molecule has 1 nitrogen and oxygen atoms in total. The van der Waals surface area contributed by atoms with E-state index >= 15 is 0 Å². The highest BCUT2D eigenvalue weighted by atomic mass is 19.1. The Bertz CT molecular complexity index is 363. The third kappa shape index (κ3) is 1.91. The molecule has 1 aliphatic carbocycles. The summed E-state index contributed by atoms with van der Waals surface area (Å²) in [5.41, 5.74) is 2.11. The van der Waals surface area contributed by atoms with E-state index in [0.717, 1.165) is 12.0 Å². The Labute approximate surface area is 89.9 Å². The average Bonchev–Trinajstić information content (AvgIpc) is 2.90. The molecule has 15 heavy (non-hydrogen) atoms. The second-order valence-corrected chi connectivity index (χ2v) is 4.79. The number of benzene rings is 1.